The van der Waals surface area contributed by atoms with Gasteiger partial charge in [-0.05, 0) is 30.5 Å². The maximum atomic E-state index is 12.7. The highest BCUT2D eigenvalue weighted by Gasteiger charge is 2.27. The molecule has 6 nitrogen and oxygen atoms in total. The van der Waals surface area contributed by atoms with Crippen LogP contribution in [-0.4, -0.2) is 39.1 Å². The van der Waals surface area contributed by atoms with Crippen molar-refractivity contribution in [3.8, 4) is 5.69 Å². The van der Waals surface area contributed by atoms with Crippen LogP contribution in [-0.2, 0) is 16.0 Å². The highest BCUT2D eigenvalue weighted by atomic mass is 16.2. The molecule has 0 bridgehead atoms. The highest BCUT2D eigenvalue weighted by molar-refractivity contribution is 5.85. The van der Waals surface area contributed by atoms with Crippen molar-refractivity contribution in [3.63, 3.8) is 0 Å². The normalized spacial score (nSPS) is 14.7. The Morgan fingerprint density at radius 1 is 1.21 bits per heavy atom. The molecule has 1 aromatic carbocycles. The molecule has 1 saturated carbocycles. The Morgan fingerprint density at radius 3 is 2.58 bits per heavy atom. The molecule has 0 radical (unpaired) electrons. The molecule has 1 aliphatic carbocycles. The van der Waals surface area contributed by atoms with Crippen LogP contribution < -0.4 is 5.73 Å². The van der Waals surface area contributed by atoms with E-state index in [1.165, 1.54) is 0 Å². The number of primary amides is 1. The van der Waals surface area contributed by atoms with E-state index in [0.717, 1.165) is 36.9 Å². The zero-order valence-electron chi connectivity index (χ0n) is 13.6. The number of hydrogen-bond acceptors (Lipinski definition) is 3. The van der Waals surface area contributed by atoms with Crippen LogP contribution in [0.25, 0.3) is 5.69 Å². The van der Waals surface area contributed by atoms with Crippen molar-refractivity contribution < 1.29 is 9.59 Å². The molecule has 6 heteroatoms. The van der Waals surface area contributed by atoms with E-state index >= 15 is 0 Å². The first-order chi connectivity index (χ1) is 11.6. The predicted molar refractivity (Wildman–Crippen MR) is 90.4 cm³/mol. The summed E-state index contributed by atoms with van der Waals surface area (Å²) in [6.07, 6.45) is 7.87. The number of amides is 2. The zero-order valence-corrected chi connectivity index (χ0v) is 13.6. The third kappa shape index (κ3) is 3.82. The van der Waals surface area contributed by atoms with Crippen molar-refractivity contribution in [2.75, 3.05) is 6.54 Å². The standard InChI is InChI=1S/C18H22N4O2/c19-17(23)13-21(15-6-4-5-7-15)18(24)10-14-11-20-22(12-14)16-8-2-1-3-9-16/h1-3,8-9,11-12,15H,4-7,10,13H2,(H2,19,23). The Kier molecular flexibility index (Phi) is 4.93. The molecule has 1 aromatic heterocycles. The fraction of sp³-hybridized carbons (Fsp3) is 0.389. The van der Waals surface area contributed by atoms with Gasteiger partial charge in [0.05, 0.1) is 24.8 Å². The number of nitrogens with two attached hydrogens (primary N) is 1. The summed E-state index contributed by atoms with van der Waals surface area (Å²) in [7, 11) is 0. The smallest absolute Gasteiger partial charge is 0.237 e. The molecule has 0 unspecified atom stereocenters. The Hall–Kier alpha value is -2.63. The summed E-state index contributed by atoms with van der Waals surface area (Å²) < 4.78 is 1.75. The van der Waals surface area contributed by atoms with Crippen LogP contribution in [0.4, 0.5) is 0 Å². The number of carbonyl (C=O) groups excluding carboxylic acids is 2. The summed E-state index contributed by atoms with van der Waals surface area (Å²) in [5.74, 6) is -0.524. The van der Waals surface area contributed by atoms with E-state index in [9.17, 15) is 9.59 Å². The molecule has 24 heavy (non-hydrogen) atoms. The van der Waals surface area contributed by atoms with E-state index in [-0.39, 0.29) is 24.9 Å². The number of hydrogen-bond donors (Lipinski definition) is 1. The molecule has 1 heterocycles. The summed E-state index contributed by atoms with van der Waals surface area (Å²) in [5, 5.41) is 4.31. The quantitative estimate of drug-likeness (QED) is 0.877. The summed E-state index contributed by atoms with van der Waals surface area (Å²) in [4.78, 5) is 25.6. The van der Waals surface area contributed by atoms with Gasteiger partial charge in [-0.15, -0.1) is 0 Å². The van der Waals surface area contributed by atoms with Gasteiger partial charge in [0.1, 0.15) is 0 Å². The molecule has 2 N–H and O–H groups in total. The van der Waals surface area contributed by atoms with Crippen molar-refractivity contribution in [1.82, 2.24) is 14.7 Å². The Morgan fingerprint density at radius 2 is 1.92 bits per heavy atom. The van der Waals surface area contributed by atoms with E-state index in [0.29, 0.717) is 0 Å². The van der Waals surface area contributed by atoms with E-state index in [1.54, 1.807) is 15.8 Å². The number of rotatable bonds is 6. The van der Waals surface area contributed by atoms with Gasteiger partial charge in [0.2, 0.25) is 11.8 Å². The Balaban J connectivity index is 1.70. The second-order valence-corrected chi connectivity index (χ2v) is 6.23. The van der Waals surface area contributed by atoms with Gasteiger partial charge in [-0.1, -0.05) is 31.0 Å². The topological polar surface area (TPSA) is 81.2 Å². The van der Waals surface area contributed by atoms with Crippen LogP contribution >= 0.6 is 0 Å². The highest BCUT2D eigenvalue weighted by Crippen LogP contribution is 2.24. The van der Waals surface area contributed by atoms with Crippen LogP contribution in [0.3, 0.4) is 0 Å². The fourth-order valence-electron chi connectivity index (χ4n) is 3.25. The summed E-state index contributed by atoms with van der Waals surface area (Å²) in [5.41, 5.74) is 7.10. The molecular formula is C18H22N4O2. The molecule has 0 aliphatic heterocycles. The minimum Gasteiger partial charge on any atom is -0.368 e. The lowest BCUT2D eigenvalue weighted by atomic mass is 10.1. The second kappa shape index (κ2) is 7.29. The maximum Gasteiger partial charge on any atom is 0.237 e. The average molecular weight is 326 g/mol. The number of para-hydroxylation sites is 1. The number of nitrogens with zero attached hydrogens (tertiary/aromatic N) is 3. The van der Waals surface area contributed by atoms with Gasteiger partial charge in [0.25, 0.3) is 0 Å². The van der Waals surface area contributed by atoms with Crippen molar-refractivity contribution in [3.05, 3.63) is 48.3 Å². The van der Waals surface area contributed by atoms with Gasteiger partial charge in [0, 0.05) is 12.2 Å². The molecule has 0 saturated heterocycles. The second-order valence-electron chi connectivity index (χ2n) is 6.23. The number of aromatic nitrogens is 2. The van der Waals surface area contributed by atoms with Gasteiger partial charge in [0.15, 0.2) is 0 Å². The van der Waals surface area contributed by atoms with Crippen molar-refractivity contribution >= 4 is 11.8 Å². The molecule has 126 valence electrons. The van der Waals surface area contributed by atoms with Crippen LogP contribution in [0, 0.1) is 0 Å². The largest absolute Gasteiger partial charge is 0.368 e. The lowest BCUT2D eigenvalue weighted by Crippen LogP contribution is -2.44. The van der Waals surface area contributed by atoms with Gasteiger partial charge < -0.3 is 10.6 Å². The fourth-order valence-corrected chi connectivity index (χ4v) is 3.25. The lowest BCUT2D eigenvalue weighted by molar-refractivity contribution is -0.136. The van der Waals surface area contributed by atoms with Crippen molar-refractivity contribution in [2.24, 2.45) is 5.73 Å². The zero-order chi connectivity index (χ0) is 16.9. The van der Waals surface area contributed by atoms with Gasteiger partial charge in [-0.25, -0.2) is 4.68 Å². The SMILES string of the molecule is NC(=O)CN(C(=O)Cc1cnn(-c2ccccc2)c1)C1CCCC1. The monoisotopic (exact) mass is 326 g/mol. The Bertz CT molecular complexity index is 705. The van der Waals surface area contributed by atoms with Crippen LogP contribution in [0.1, 0.15) is 31.2 Å². The first-order valence-corrected chi connectivity index (χ1v) is 8.30. The van der Waals surface area contributed by atoms with Gasteiger partial charge >= 0.3 is 0 Å². The molecule has 1 fully saturated rings. The number of benzene rings is 1. The van der Waals surface area contributed by atoms with Crippen molar-refractivity contribution in [2.45, 2.75) is 38.1 Å². The average Bonchev–Trinajstić information content (AvgIpc) is 3.25. The van der Waals surface area contributed by atoms with Crippen LogP contribution in [0.2, 0.25) is 0 Å². The maximum absolute atomic E-state index is 12.7. The minimum absolute atomic E-state index is 0.00365. The molecule has 2 amide bonds. The van der Waals surface area contributed by atoms with E-state index in [1.807, 2.05) is 36.5 Å². The first kappa shape index (κ1) is 16.2. The third-order valence-corrected chi connectivity index (χ3v) is 4.42. The van der Waals surface area contributed by atoms with Crippen molar-refractivity contribution in [1.29, 1.82) is 0 Å². The minimum atomic E-state index is -0.463. The molecule has 1 aliphatic rings. The lowest BCUT2D eigenvalue weighted by Gasteiger charge is -2.27. The molecule has 0 spiro atoms. The molecule has 3 rings (SSSR count). The third-order valence-electron chi connectivity index (χ3n) is 4.42. The van der Waals surface area contributed by atoms with E-state index in [4.69, 9.17) is 5.73 Å². The summed E-state index contributed by atoms with van der Waals surface area (Å²) in [6, 6.07) is 9.87. The summed E-state index contributed by atoms with van der Waals surface area (Å²) >= 11 is 0. The van der Waals surface area contributed by atoms with Crippen LogP contribution in [0.15, 0.2) is 42.7 Å². The van der Waals surface area contributed by atoms with E-state index in [2.05, 4.69) is 5.10 Å². The predicted octanol–water partition coefficient (Wildman–Crippen LogP) is 1.67. The first-order valence-electron chi connectivity index (χ1n) is 8.30. The Labute approximate surface area is 141 Å². The molecule has 2 aromatic rings. The van der Waals surface area contributed by atoms with E-state index < -0.39 is 5.91 Å². The van der Waals surface area contributed by atoms with Gasteiger partial charge in [-0.3, -0.25) is 9.59 Å². The van der Waals surface area contributed by atoms with Crippen LogP contribution in [0.5, 0.6) is 0 Å². The summed E-state index contributed by atoms with van der Waals surface area (Å²) in [6.45, 7) is -0.00365. The number of carbonyl (C=O) groups is 2. The van der Waals surface area contributed by atoms with Gasteiger partial charge in [-0.2, -0.15) is 5.10 Å². The molecule has 0 atom stereocenters. The molecular weight excluding hydrogens is 304 g/mol.